The fourth-order valence-electron chi connectivity index (χ4n) is 2.28. The topological polar surface area (TPSA) is 72.5 Å². The van der Waals surface area contributed by atoms with Crippen LogP contribution in [0.3, 0.4) is 0 Å². The first-order valence-corrected chi connectivity index (χ1v) is 8.85. The van der Waals surface area contributed by atoms with Gasteiger partial charge >= 0.3 is 5.97 Å². The van der Waals surface area contributed by atoms with Crippen molar-refractivity contribution < 1.29 is 19.1 Å². The van der Waals surface area contributed by atoms with Crippen molar-refractivity contribution in [3.05, 3.63) is 51.2 Å². The molecule has 0 bridgehead atoms. The molecule has 1 atom stereocenters. The predicted octanol–water partition coefficient (Wildman–Crippen LogP) is 4.01. The van der Waals surface area contributed by atoms with E-state index in [4.69, 9.17) is 4.74 Å². The van der Waals surface area contributed by atoms with Crippen molar-refractivity contribution >= 4 is 34.7 Å². The monoisotopic (exact) mass is 359 g/mol. The van der Waals surface area contributed by atoms with Gasteiger partial charge in [-0.3, -0.25) is 9.59 Å². The van der Waals surface area contributed by atoms with E-state index < -0.39 is 18.0 Å². The maximum absolute atomic E-state index is 12.2. The molecule has 2 aromatic rings. The van der Waals surface area contributed by atoms with Gasteiger partial charge in [-0.25, -0.2) is 4.79 Å². The molecule has 25 heavy (non-hydrogen) atoms. The summed E-state index contributed by atoms with van der Waals surface area (Å²) in [6.45, 7) is 6.99. The Morgan fingerprint density at radius 3 is 2.36 bits per heavy atom. The zero-order valence-corrected chi connectivity index (χ0v) is 15.5. The smallest absolute Gasteiger partial charge is 0.349 e. The third-order valence-corrected chi connectivity index (χ3v) is 4.89. The summed E-state index contributed by atoms with van der Waals surface area (Å²) in [7, 11) is 0. The molecule has 1 unspecified atom stereocenters. The van der Waals surface area contributed by atoms with Crippen molar-refractivity contribution in [2.24, 2.45) is 0 Å². The van der Waals surface area contributed by atoms with E-state index in [1.165, 1.54) is 25.2 Å². The van der Waals surface area contributed by atoms with Crippen LogP contribution in [-0.4, -0.2) is 23.8 Å². The molecular weight excluding hydrogens is 338 g/mol. The summed E-state index contributed by atoms with van der Waals surface area (Å²) in [6, 6.07) is 8.36. The van der Waals surface area contributed by atoms with Gasteiger partial charge < -0.3 is 10.1 Å². The number of nitrogens with one attached hydrogen (secondary N) is 1. The maximum Gasteiger partial charge on any atom is 0.349 e. The highest BCUT2D eigenvalue weighted by Crippen LogP contribution is 2.23. The van der Waals surface area contributed by atoms with Crippen LogP contribution in [0.15, 0.2) is 30.3 Å². The number of ketones is 1. The minimum Gasteiger partial charge on any atom is -0.448 e. The first-order chi connectivity index (χ1) is 11.8. The molecule has 0 fully saturated rings. The number of thiophene rings is 1. The van der Waals surface area contributed by atoms with Crippen molar-refractivity contribution in [2.45, 2.75) is 40.2 Å². The Kier molecular flexibility index (Phi) is 6.09. The molecule has 0 radical (unpaired) electrons. The molecule has 1 aromatic carbocycles. The van der Waals surface area contributed by atoms with Gasteiger partial charge in [0.15, 0.2) is 11.9 Å². The number of anilines is 1. The molecule has 0 aliphatic heterocycles. The van der Waals surface area contributed by atoms with Gasteiger partial charge in [-0.2, -0.15) is 0 Å². The molecule has 6 heteroatoms. The van der Waals surface area contributed by atoms with E-state index in [1.807, 2.05) is 19.9 Å². The van der Waals surface area contributed by atoms with Crippen molar-refractivity contribution in [2.75, 3.05) is 5.32 Å². The van der Waals surface area contributed by atoms with Crippen LogP contribution in [0.2, 0.25) is 0 Å². The van der Waals surface area contributed by atoms with Crippen molar-refractivity contribution in [1.29, 1.82) is 0 Å². The summed E-state index contributed by atoms with van der Waals surface area (Å²) in [4.78, 5) is 37.2. The Labute approximate surface area is 151 Å². The number of Topliss-reactive ketones (excluding diaryl/α,β-unsaturated/α-hetero) is 1. The van der Waals surface area contributed by atoms with E-state index >= 15 is 0 Å². The number of amides is 1. The molecule has 0 aliphatic rings. The molecule has 1 amide bonds. The number of esters is 1. The molecule has 0 aliphatic carbocycles. The summed E-state index contributed by atoms with van der Waals surface area (Å²) < 4.78 is 5.25. The first-order valence-electron chi connectivity index (χ1n) is 8.04. The number of benzene rings is 1. The Hall–Kier alpha value is -2.47. The highest BCUT2D eigenvalue weighted by Gasteiger charge is 2.21. The SMILES string of the molecule is CCc1cc(C(=O)OC(C)C(=O)Nc2ccc(C(C)=O)cc2)sc1C. The molecule has 132 valence electrons. The number of hydrogen-bond donors (Lipinski definition) is 1. The molecule has 1 aromatic heterocycles. The number of rotatable bonds is 6. The van der Waals surface area contributed by atoms with E-state index in [1.54, 1.807) is 24.3 Å². The van der Waals surface area contributed by atoms with E-state index in [0.29, 0.717) is 16.1 Å². The van der Waals surface area contributed by atoms with E-state index in [2.05, 4.69) is 5.32 Å². The van der Waals surface area contributed by atoms with Gasteiger partial charge in [0.05, 0.1) is 0 Å². The number of carbonyl (C=O) groups excluding carboxylic acids is 3. The fraction of sp³-hybridized carbons (Fsp3) is 0.316. The predicted molar refractivity (Wildman–Crippen MR) is 98.4 cm³/mol. The van der Waals surface area contributed by atoms with Crippen LogP contribution in [0, 0.1) is 6.92 Å². The van der Waals surface area contributed by atoms with Gasteiger partial charge in [0.25, 0.3) is 5.91 Å². The fourth-order valence-corrected chi connectivity index (χ4v) is 3.27. The largest absolute Gasteiger partial charge is 0.448 e. The molecule has 2 rings (SSSR count). The van der Waals surface area contributed by atoms with Crippen LogP contribution in [0.1, 0.15) is 51.2 Å². The average molecular weight is 359 g/mol. The third kappa shape index (κ3) is 4.76. The first kappa shape index (κ1) is 18.9. The zero-order chi connectivity index (χ0) is 18.6. The van der Waals surface area contributed by atoms with Gasteiger partial charge in [0.1, 0.15) is 4.88 Å². The normalized spacial score (nSPS) is 11.7. The van der Waals surface area contributed by atoms with Gasteiger partial charge in [-0.15, -0.1) is 11.3 Å². The molecule has 0 saturated carbocycles. The van der Waals surface area contributed by atoms with E-state index in [0.717, 1.165) is 16.9 Å². The Morgan fingerprint density at radius 2 is 1.84 bits per heavy atom. The van der Waals surface area contributed by atoms with Crippen LogP contribution < -0.4 is 5.32 Å². The highest BCUT2D eigenvalue weighted by molar-refractivity contribution is 7.14. The standard InChI is InChI=1S/C19H21NO4S/c1-5-14-10-17(25-13(14)4)19(23)24-12(3)18(22)20-16-8-6-15(7-9-16)11(2)21/h6-10,12H,5H2,1-4H3,(H,20,22). The lowest BCUT2D eigenvalue weighted by molar-refractivity contribution is -0.123. The summed E-state index contributed by atoms with van der Waals surface area (Å²) in [6.07, 6.45) is -0.0745. The summed E-state index contributed by atoms with van der Waals surface area (Å²) >= 11 is 1.37. The van der Waals surface area contributed by atoms with Crippen LogP contribution in [0.5, 0.6) is 0 Å². The second-order valence-electron chi connectivity index (χ2n) is 5.72. The number of carbonyl (C=O) groups is 3. The lowest BCUT2D eigenvalue weighted by Crippen LogP contribution is -2.29. The zero-order valence-electron chi connectivity index (χ0n) is 14.7. The Morgan fingerprint density at radius 1 is 1.20 bits per heavy atom. The Bertz CT molecular complexity index is 792. The van der Waals surface area contributed by atoms with Crippen LogP contribution in [-0.2, 0) is 16.0 Å². The molecule has 1 N–H and O–H groups in total. The van der Waals surface area contributed by atoms with E-state index in [-0.39, 0.29) is 5.78 Å². The van der Waals surface area contributed by atoms with Gasteiger partial charge in [-0.1, -0.05) is 6.92 Å². The molecule has 5 nitrogen and oxygen atoms in total. The lowest BCUT2D eigenvalue weighted by atomic mass is 10.1. The molecule has 0 spiro atoms. The lowest BCUT2D eigenvalue weighted by Gasteiger charge is -2.13. The van der Waals surface area contributed by atoms with Crippen molar-refractivity contribution in [3.8, 4) is 0 Å². The Balaban J connectivity index is 1.97. The number of ether oxygens (including phenoxy) is 1. The average Bonchev–Trinajstić information content (AvgIpc) is 2.96. The second kappa shape index (κ2) is 8.07. The maximum atomic E-state index is 12.2. The molecule has 1 heterocycles. The van der Waals surface area contributed by atoms with Crippen LogP contribution in [0.4, 0.5) is 5.69 Å². The van der Waals surface area contributed by atoms with Crippen molar-refractivity contribution in [1.82, 2.24) is 0 Å². The minimum atomic E-state index is -0.924. The quantitative estimate of drug-likeness (QED) is 0.625. The van der Waals surface area contributed by atoms with Crippen molar-refractivity contribution in [3.63, 3.8) is 0 Å². The summed E-state index contributed by atoms with van der Waals surface area (Å²) in [5.41, 5.74) is 2.22. The van der Waals surface area contributed by atoms with E-state index in [9.17, 15) is 14.4 Å². The van der Waals surface area contributed by atoms with Gasteiger partial charge in [0, 0.05) is 16.1 Å². The highest BCUT2D eigenvalue weighted by atomic mass is 32.1. The minimum absolute atomic E-state index is 0.0436. The van der Waals surface area contributed by atoms with Gasteiger partial charge in [0.2, 0.25) is 0 Å². The summed E-state index contributed by atoms with van der Waals surface area (Å²) in [5, 5.41) is 2.67. The second-order valence-corrected chi connectivity index (χ2v) is 6.97. The summed E-state index contributed by atoms with van der Waals surface area (Å²) in [5.74, 6) is -0.965. The van der Waals surface area contributed by atoms with Crippen LogP contribution >= 0.6 is 11.3 Å². The van der Waals surface area contributed by atoms with Crippen LogP contribution in [0.25, 0.3) is 0 Å². The number of aryl methyl sites for hydroxylation is 2. The van der Waals surface area contributed by atoms with Gasteiger partial charge in [-0.05, 0) is 63.1 Å². The molecular formula is C19H21NO4S. The molecule has 0 saturated heterocycles. The number of hydrogen-bond acceptors (Lipinski definition) is 5. The third-order valence-electron chi connectivity index (χ3n) is 3.81.